The zero-order valence-electron chi connectivity index (χ0n) is 11.9. The van der Waals surface area contributed by atoms with Crippen molar-refractivity contribution >= 4 is 0 Å². The van der Waals surface area contributed by atoms with Crippen molar-refractivity contribution in [1.82, 2.24) is 0 Å². The van der Waals surface area contributed by atoms with E-state index in [1.807, 2.05) is 6.92 Å². The zero-order valence-corrected chi connectivity index (χ0v) is 11.9. The second-order valence-corrected chi connectivity index (χ2v) is 5.89. The van der Waals surface area contributed by atoms with Crippen LogP contribution in [0.3, 0.4) is 0 Å². The molecule has 4 nitrogen and oxygen atoms in total. The van der Waals surface area contributed by atoms with Crippen molar-refractivity contribution < 1.29 is 18.9 Å². The molecule has 0 bridgehead atoms. The van der Waals surface area contributed by atoms with Crippen LogP contribution in [-0.2, 0) is 18.9 Å². The van der Waals surface area contributed by atoms with Crippen LogP contribution < -0.4 is 0 Å². The maximum absolute atomic E-state index is 5.94. The lowest BCUT2D eigenvalue weighted by atomic mass is 9.85. The number of hydrogen-bond acceptors (Lipinski definition) is 4. The first kappa shape index (κ1) is 14.6. The summed E-state index contributed by atoms with van der Waals surface area (Å²) >= 11 is 0. The smallest absolute Gasteiger partial charge is 0.131 e. The Hall–Kier alpha value is -0.840. The fraction of sp³-hybridized carbons (Fsp3) is 0.733. The molecule has 0 spiro atoms. The van der Waals surface area contributed by atoms with Gasteiger partial charge < -0.3 is 18.9 Å². The molecule has 4 unspecified atom stereocenters. The molecule has 0 saturated carbocycles. The van der Waals surface area contributed by atoms with Gasteiger partial charge >= 0.3 is 0 Å². The molecule has 0 aromatic carbocycles. The maximum atomic E-state index is 5.94. The fourth-order valence-corrected chi connectivity index (χ4v) is 2.78. The minimum atomic E-state index is -0.335. The van der Waals surface area contributed by atoms with E-state index >= 15 is 0 Å². The van der Waals surface area contributed by atoms with E-state index in [2.05, 4.69) is 20.1 Å². The van der Waals surface area contributed by atoms with Crippen LogP contribution in [0.5, 0.6) is 0 Å². The Labute approximate surface area is 115 Å². The van der Waals surface area contributed by atoms with E-state index in [9.17, 15) is 0 Å². The summed E-state index contributed by atoms with van der Waals surface area (Å²) in [6, 6.07) is 0. The van der Waals surface area contributed by atoms with Crippen LogP contribution >= 0.6 is 0 Å². The van der Waals surface area contributed by atoms with Crippen molar-refractivity contribution in [3.8, 4) is 0 Å². The number of fused-ring (bicyclic) bond motifs is 1. The average molecular weight is 268 g/mol. The van der Waals surface area contributed by atoms with Crippen molar-refractivity contribution in [2.24, 2.45) is 0 Å². The minimum absolute atomic E-state index is 0.0686. The second-order valence-electron chi connectivity index (χ2n) is 5.89. The van der Waals surface area contributed by atoms with Crippen molar-refractivity contribution in [2.75, 3.05) is 19.8 Å². The van der Waals surface area contributed by atoms with E-state index in [1.54, 1.807) is 6.08 Å². The first-order chi connectivity index (χ1) is 9.00. The first-order valence-corrected chi connectivity index (χ1v) is 6.77. The Morgan fingerprint density at radius 1 is 1.11 bits per heavy atom. The monoisotopic (exact) mass is 268 g/mol. The van der Waals surface area contributed by atoms with Gasteiger partial charge in [-0.3, -0.25) is 0 Å². The Morgan fingerprint density at radius 3 is 2.26 bits per heavy atom. The Balaban J connectivity index is 1.95. The molecule has 2 rings (SSSR count). The number of rotatable bonds is 5. The molecule has 2 saturated heterocycles. The van der Waals surface area contributed by atoms with Gasteiger partial charge in [0.05, 0.1) is 43.9 Å². The van der Waals surface area contributed by atoms with Gasteiger partial charge in [0.15, 0.2) is 0 Å². The van der Waals surface area contributed by atoms with Crippen LogP contribution in [0.4, 0.5) is 0 Å². The summed E-state index contributed by atoms with van der Waals surface area (Å²) in [7, 11) is 0. The Kier molecular flexibility index (Phi) is 4.33. The summed E-state index contributed by atoms with van der Waals surface area (Å²) in [6.07, 6.45) is 5.04. The van der Waals surface area contributed by atoms with E-state index < -0.39 is 0 Å². The highest BCUT2D eigenvalue weighted by atomic mass is 16.6. The number of ether oxygens (including phenoxy) is 4. The molecular formula is C15H24O4. The van der Waals surface area contributed by atoms with Crippen molar-refractivity contribution in [1.29, 1.82) is 0 Å². The minimum Gasteiger partial charge on any atom is -0.493 e. The molecule has 0 aromatic rings. The highest BCUT2D eigenvalue weighted by Gasteiger charge is 2.47. The standard InChI is InChI=1S/C15H24O4/c1-5-7-19-15(4)9-13-12(17-11-15)8-14(3,10-16-13)18-6-2/h5-6,12-13H,1-2,7-11H2,3-4H3. The van der Waals surface area contributed by atoms with Gasteiger partial charge in [0, 0.05) is 12.8 Å². The van der Waals surface area contributed by atoms with Gasteiger partial charge in [0.2, 0.25) is 0 Å². The normalized spacial score (nSPS) is 42.2. The fourth-order valence-electron chi connectivity index (χ4n) is 2.78. The zero-order chi connectivity index (χ0) is 13.9. The SMILES string of the molecule is C=CCOC1(C)COC2CC(C)(OC=C)COC2C1. The molecule has 0 aromatic heterocycles. The second kappa shape index (κ2) is 5.65. The third-order valence-corrected chi connectivity index (χ3v) is 3.80. The Bertz CT molecular complexity index is 343. The molecule has 4 atom stereocenters. The van der Waals surface area contributed by atoms with E-state index in [1.165, 1.54) is 6.26 Å². The van der Waals surface area contributed by atoms with Crippen molar-refractivity contribution in [2.45, 2.75) is 50.1 Å². The summed E-state index contributed by atoms with van der Waals surface area (Å²) < 4.78 is 23.2. The summed E-state index contributed by atoms with van der Waals surface area (Å²) in [6.45, 7) is 13.0. The van der Waals surface area contributed by atoms with Gasteiger partial charge in [0.25, 0.3) is 0 Å². The third-order valence-electron chi connectivity index (χ3n) is 3.80. The van der Waals surface area contributed by atoms with Gasteiger partial charge in [-0.2, -0.15) is 0 Å². The highest BCUT2D eigenvalue weighted by Crippen LogP contribution is 2.37. The maximum Gasteiger partial charge on any atom is 0.131 e. The lowest BCUT2D eigenvalue weighted by Crippen LogP contribution is -2.57. The summed E-state index contributed by atoms with van der Waals surface area (Å²) in [5.74, 6) is 0. The molecule has 2 aliphatic heterocycles. The van der Waals surface area contributed by atoms with E-state index in [0.717, 1.165) is 12.8 Å². The van der Waals surface area contributed by atoms with Crippen LogP contribution in [0, 0.1) is 0 Å². The summed E-state index contributed by atoms with van der Waals surface area (Å²) in [5, 5.41) is 0. The van der Waals surface area contributed by atoms with Gasteiger partial charge in [-0.15, -0.1) is 6.58 Å². The van der Waals surface area contributed by atoms with Gasteiger partial charge in [-0.25, -0.2) is 0 Å². The molecule has 4 heteroatoms. The molecule has 0 radical (unpaired) electrons. The molecule has 0 N–H and O–H groups in total. The average Bonchev–Trinajstić information content (AvgIpc) is 2.37. The highest BCUT2D eigenvalue weighted by molar-refractivity contribution is 4.96. The lowest BCUT2D eigenvalue weighted by molar-refractivity contribution is -0.243. The van der Waals surface area contributed by atoms with Gasteiger partial charge in [0.1, 0.15) is 5.60 Å². The van der Waals surface area contributed by atoms with E-state index in [-0.39, 0.29) is 23.4 Å². The van der Waals surface area contributed by atoms with E-state index in [0.29, 0.717) is 19.8 Å². The molecule has 19 heavy (non-hydrogen) atoms. The van der Waals surface area contributed by atoms with Crippen LogP contribution in [0.15, 0.2) is 25.5 Å². The summed E-state index contributed by atoms with van der Waals surface area (Å²) in [5.41, 5.74) is -0.624. The largest absolute Gasteiger partial charge is 0.493 e. The van der Waals surface area contributed by atoms with Crippen LogP contribution in [0.25, 0.3) is 0 Å². The molecule has 108 valence electrons. The Morgan fingerprint density at radius 2 is 1.68 bits per heavy atom. The predicted molar refractivity (Wildman–Crippen MR) is 73.0 cm³/mol. The van der Waals surface area contributed by atoms with Crippen LogP contribution in [0.1, 0.15) is 26.7 Å². The van der Waals surface area contributed by atoms with E-state index in [4.69, 9.17) is 18.9 Å². The topological polar surface area (TPSA) is 36.9 Å². The third kappa shape index (κ3) is 3.38. The van der Waals surface area contributed by atoms with Crippen molar-refractivity contribution in [3.05, 3.63) is 25.5 Å². The van der Waals surface area contributed by atoms with Crippen LogP contribution in [-0.4, -0.2) is 43.2 Å². The van der Waals surface area contributed by atoms with Gasteiger partial charge in [-0.05, 0) is 13.8 Å². The van der Waals surface area contributed by atoms with Gasteiger partial charge in [-0.1, -0.05) is 12.7 Å². The van der Waals surface area contributed by atoms with Crippen LogP contribution in [0.2, 0.25) is 0 Å². The quantitative estimate of drug-likeness (QED) is 0.567. The molecule has 2 heterocycles. The molecular weight excluding hydrogens is 244 g/mol. The molecule has 2 aliphatic rings. The predicted octanol–water partition coefficient (Wildman–Crippen LogP) is 2.44. The number of hydrogen-bond donors (Lipinski definition) is 0. The molecule has 2 fully saturated rings. The lowest BCUT2D eigenvalue weighted by Gasteiger charge is -2.48. The summed E-state index contributed by atoms with van der Waals surface area (Å²) in [4.78, 5) is 0. The molecule has 0 amide bonds. The molecule has 0 aliphatic carbocycles. The van der Waals surface area contributed by atoms with Crippen molar-refractivity contribution in [3.63, 3.8) is 0 Å². The first-order valence-electron chi connectivity index (χ1n) is 6.77.